The fourth-order valence-electron chi connectivity index (χ4n) is 2.03. The minimum absolute atomic E-state index is 0.136. The SMILES string of the molecule is CCOC(=O)COc1ccc(CNC(=O)c2ccc(C#N)cc2)cc1. The van der Waals surface area contributed by atoms with E-state index in [-0.39, 0.29) is 12.5 Å². The summed E-state index contributed by atoms with van der Waals surface area (Å²) in [7, 11) is 0. The molecule has 0 fully saturated rings. The van der Waals surface area contributed by atoms with Gasteiger partial charge in [-0.25, -0.2) is 4.79 Å². The van der Waals surface area contributed by atoms with E-state index in [2.05, 4.69) is 5.32 Å². The Balaban J connectivity index is 1.83. The normalized spacial score (nSPS) is 9.76. The van der Waals surface area contributed by atoms with Crippen molar-refractivity contribution < 1.29 is 19.1 Å². The van der Waals surface area contributed by atoms with Crippen LogP contribution < -0.4 is 10.1 Å². The first-order valence-corrected chi connectivity index (χ1v) is 7.78. The van der Waals surface area contributed by atoms with Gasteiger partial charge in [-0.05, 0) is 48.9 Å². The van der Waals surface area contributed by atoms with Gasteiger partial charge in [0, 0.05) is 12.1 Å². The van der Waals surface area contributed by atoms with Crippen molar-refractivity contribution >= 4 is 11.9 Å². The predicted octanol–water partition coefficient (Wildman–Crippen LogP) is 2.43. The second kappa shape index (κ2) is 9.08. The monoisotopic (exact) mass is 338 g/mol. The van der Waals surface area contributed by atoms with E-state index < -0.39 is 5.97 Å². The highest BCUT2D eigenvalue weighted by Gasteiger charge is 2.06. The smallest absolute Gasteiger partial charge is 0.344 e. The Kier molecular flexibility index (Phi) is 6.55. The zero-order valence-corrected chi connectivity index (χ0v) is 13.8. The van der Waals surface area contributed by atoms with Gasteiger partial charge in [0.15, 0.2) is 6.61 Å². The number of carbonyl (C=O) groups excluding carboxylic acids is 2. The number of carbonyl (C=O) groups is 2. The van der Waals surface area contributed by atoms with E-state index in [1.54, 1.807) is 55.5 Å². The Hall–Kier alpha value is -3.33. The molecule has 0 heterocycles. The van der Waals surface area contributed by atoms with Gasteiger partial charge in [-0.3, -0.25) is 4.79 Å². The van der Waals surface area contributed by atoms with E-state index in [9.17, 15) is 9.59 Å². The molecule has 128 valence electrons. The number of hydrogen-bond donors (Lipinski definition) is 1. The zero-order valence-electron chi connectivity index (χ0n) is 13.8. The molecular weight excluding hydrogens is 320 g/mol. The van der Waals surface area contributed by atoms with Crippen LogP contribution in [0.15, 0.2) is 48.5 Å². The summed E-state index contributed by atoms with van der Waals surface area (Å²) < 4.78 is 10.1. The Morgan fingerprint density at radius 2 is 1.76 bits per heavy atom. The molecule has 2 aromatic rings. The summed E-state index contributed by atoms with van der Waals surface area (Å²) >= 11 is 0. The van der Waals surface area contributed by atoms with Crippen LogP contribution in [0.3, 0.4) is 0 Å². The Labute approximate surface area is 146 Å². The topological polar surface area (TPSA) is 88.4 Å². The van der Waals surface area contributed by atoms with Crippen LogP contribution in [-0.2, 0) is 16.1 Å². The predicted molar refractivity (Wildman–Crippen MR) is 90.9 cm³/mol. The van der Waals surface area contributed by atoms with Gasteiger partial charge in [-0.15, -0.1) is 0 Å². The molecule has 0 radical (unpaired) electrons. The van der Waals surface area contributed by atoms with Crippen molar-refractivity contribution in [2.24, 2.45) is 0 Å². The standard InChI is InChI=1S/C19H18N2O4/c1-2-24-18(22)13-25-17-9-5-15(6-10-17)12-21-19(23)16-7-3-14(11-20)4-8-16/h3-10H,2,12-13H2,1H3,(H,21,23). The van der Waals surface area contributed by atoms with Crippen molar-refractivity contribution in [2.75, 3.05) is 13.2 Å². The summed E-state index contributed by atoms with van der Waals surface area (Å²) in [5.74, 6) is -0.0800. The van der Waals surface area contributed by atoms with Gasteiger partial charge in [0.25, 0.3) is 5.91 Å². The van der Waals surface area contributed by atoms with Gasteiger partial charge >= 0.3 is 5.97 Å². The number of amides is 1. The molecule has 2 aromatic carbocycles. The summed E-state index contributed by atoms with van der Waals surface area (Å²) in [5, 5.41) is 11.6. The molecule has 0 saturated carbocycles. The van der Waals surface area contributed by atoms with E-state index in [0.29, 0.717) is 30.0 Å². The molecule has 0 aromatic heterocycles. The van der Waals surface area contributed by atoms with Crippen LogP contribution in [-0.4, -0.2) is 25.1 Å². The van der Waals surface area contributed by atoms with Crippen LogP contribution in [0, 0.1) is 11.3 Å². The largest absolute Gasteiger partial charge is 0.482 e. The lowest BCUT2D eigenvalue weighted by molar-refractivity contribution is -0.145. The number of rotatable bonds is 7. The first kappa shape index (κ1) is 18.0. The Bertz CT molecular complexity index is 762. The molecule has 0 aliphatic rings. The van der Waals surface area contributed by atoms with E-state index in [4.69, 9.17) is 14.7 Å². The summed E-state index contributed by atoms with van der Waals surface area (Å²) in [6.45, 7) is 2.28. The van der Waals surface area contributed by atoms with Crippen molar-refractivity contribution in [1.29, 1.82) is 5.26 Å². The third-order valence-electron chi connectivity index (χ3n) is 3.31. The molecule has 1 amide bonds. The third-order valence-corrected chi connectivity index (χ3v) is 3.31. The molecule has 0 bridgehead atoms. The van der Waals surface area contributed by atoms with Crippen LogP contribution in [0.4, 0.5) is 0 Å². The van der Waals surface area contributed by atoms with Crippen LogP contribution in [0.25, 0.3) is 0 Å². The molecule has 6 nitrogen and oxygen atoms in total. The van der Waals surface area contributed by atoms with Crippen molar-refractivity contribution in [3.63, 3.8) is 0 Å². The van der Waals surface area contributed by atoms with Gasteiger partial charge in [0.05, 0.1) is 18.2 Å². The molecule has 0 spiro atoms. The molecule has 0 aliphatic heterocycles. The quantitative estimate of drug-likeness (QED) is 0.783. The highest BCUT2D eigenvalue weighted by molar-refractivity contribution is 5.94. The van der Waals surface area contributed by atoms with Crippen LogP contribution in [0.5, 0.6) is 5.75 Å². The molecule has 1 N–H and O–H groups in total. The first-order chi connectivity index (χ1) is 12.1. The molecule has 0 aliphatic carbocycles. The number of hydrogen-bond acceptors (Lipinski definition) is 5. The van der Waals surface area contributed by atoms with Gasteiger partial charge < -0.3 is 14.8 Å². The highest BCUT2D eigenvalue weighted by Crippen LogP contribution is 2.12. The van der Waals surface area contributed by atoms with E-state index >= 15 is 0 Å². The number of esters is 1. The zero-order chi connectivity index (χ0) is 18.1. The molecule has 25 heavy (non-hydrogen) atoms. The lowest BCUT2D eigenvalue weighted by atomic mass is 10.1. The number of nitriles is 1. The minimum Gasteiger partial charge on any atom is -0.482 e. The van der Waals surface area contributed by atoms with E-state index in [1.807, 2.05) is 6.07 Å². The summed E-state index contributed by atoms with van der Waals surface area (Å²) in [5.41, 5.74) is 1.90. The van der Waals surface area contributed by atoms with Crippen molar-refractivity contribution in [3.05, 3.63) is 65.2 Å². The van der Waals surface area contributed by atoms with Crippen LogP contribution in [0.2, 0.25) is 0 Å². The molecule has 2 rings (SSSR count). The van der Waals surface area contributed by atoms with Crippen molar-refractivity contribution in [1.82, 2.24) is 5.32 Å². The highest BCUT2D eigenvalue weighted by atomic mass is 16.6. The number of nitrogens with zero attached hydrogens (tertiary/aromatic N) is 1. The molecule has 6 heteroatoms. The van der Waals surface area contributed by atoms with Crippen molar-refractivity contribution in [3.8, 4) is 11.8 Å². The van der Waals surface area contributed by atoms with E-state index in [1.165, 1.54) is 0 Å². The second-order valence-electron chi connectivity index (χ2n) is 5.11. The maximum Gasteiger partial charge on any atom is 0.344 e. The lowest BCUT2D eigenvalue weighted by Gasteiger charge is -2.08. The average Bonchev–Trinajstić information content (AvgIpc) is 2.65. The van der Waals surface area contributed by atoms with Gasteiger partial charge in [0.2, 0.25) is 0 Å². The summed E-state index contributed by atoms with van der Waals surface area (Å²) in [6, 6.07) is 15.5. The van der Waals surface area contributed by atoms with Gasteiger partial charge in [0.1, 0.15) is 5.75 Å². The summed E-state index contributed by atoms with van der Waals surface area (Å²) in [4.78, 5) is 23.3. The number of ether oxygens (including phenoxy) is 2. The fourth-order valence-corrected chi connectivity index (χ4v) is 2.03. The minimum atomic E-state index is -0.416. The second-order valence-corrected chi connectivity index (χ2v) is 5.11. The Morgan fingerprint density at radius 3 is 2.36 bits per heavy atom. The molecular formula is C19H18N2O4. The summed E-state index contributed by atoms with van der Waals surface area (Å²) in [6.07, 6.45) is 0. The Morgan fingerprint density at radius 1 is 1.08 bits per heavy atom. The first-order valence-electron chi connectivity index (χ1n) is 7.78. The molecule has 0 unspecified atom stereocenters. The van der Waals surface area contributed by atoms with Crippen LogP contribution >= 0.6 is 0 Å². The third kappa shape index (κ3) is 5.66. The average molecular weight is 338 g/mol. The van der Waals surface area contributed by atoms with E-state index in [0.717, 1.165) is 5.56 Å². The van der Waals surface area contributed by atoms with Crippen molar-refractivity contribution in [2.45, 2.75) is 13.5 Å². The molecule has 0 atom stereocenters. The maximum absolute atomic E-state index is 12.1. The number of nitrogens with one attached hydrogen (secondary N) is 1. The fraction of sp³-hybridized carbons (Fsp3) is 0.211. The number of benzene rings is 2. The van der Waals surface area contributed by atoms with Crippen LogP contribution in [0.1, 0.15) is 28.4 Å². The lowest BCUT2D eigenvalue weighted by Crippen LogP contribution is -2.22. The van der Waals surface area contributed by atoms with Gasteiger partial charge in [-0.2, -0.15) is 5.26 Å². The van der Waals surface area contributed by atoms with Gasteiger partial charge in [-0.1, -0.05) is 12.1 Å². The maximum atomic E-state index is 12.1. The molecule has 0 saturated heterocycles.